The van der Waals surface area contributed by atoms with Crippen molar-refractivity contribution in [2.24, 2.45) is 0 Å². The lowest BCUT2D eigenvalue weighted by atomic mass is 10.0. The van der Waals surface area contributed by atoms with Crippen LogP contribution in [0.1, 0.15) is 46.8 Å². The predicted octanol–water partition coefficient (Wildman–Crippen LogP) is 3.38. The second kappa shape index (κ2) is 7.80. The highest BCUT2D eigenvalue weighted by Crippen LogP contribution is 2.18. The van der Waals surface area contributed by atoms with Crippen LogP contribution >= 0.6 is 0 Å². The molecule has 0 radical (unpaired) electrons. The van der Waals surface area contributed by atoms with Gasteiger partial charge in [-0.3, -0.25) is 0 Å². The number of aryl methyl sites for hydroxylation is 1. The number of sulfonamides is 1. The normalized spacial score (nSPS) is 11.6. The van der Waals surface area contributed by atoms with E-state index in [0.29, 0.717) is 11.5 Å². The monoisotopic (exact) mass is 361 g/mol. The molecule has 25 heavy (non-hydrogen) atoms. The summed E-state index contributed by atoms with van der Waals surface area (Å²) in [5.74, 6) is -0.131. The molecule has 0 spiro atoms. The van der Waals surface area contributed by atoms with Crippen molar-refractivity contribution in [3.63, 3.8) is 0 Å². The topological polar surface area (TPSA) is 72.5 Å². The van der Waals surface area contributed by atoms with E-state index in [1.165, 1.54) is 24.8 Å². The molecule has 2 aromatic rings. The molecule has 134 valence electrons. The van der Waals surface area contributed by atoms with E-state index in [-0.39, 0.29) is 17.0 Å². The zero-order valence-corrected chi connectivity index (χ0v) is 15.7. The maximum absolute atomic E-state index is 12.5. The van der Waals surface area contributed by atoms with Crippen molar-refractivity contribution in [2.75, 3.05) is 7.11 Å². The summed E-state index contributed by atoms with van der Waals surface area (Å²) in [5.41, 5.74) is 2.97. The van der Waals surface area contributed by atoms with Gasteiger partial charge in [-0.15, -0.1) is 0 Å². The zero-order chi connectivity index (χ0) is 18.6. The molecule has 0 heterocycles. The Morgan fingerprint density at radius 1 is 1.12 bits per heavy atom. The van der Waals surface area contributed by atoms with E-state index < -0.39 is 16.0 Å². The molecule has 0 aromatic heterocycles. The number of nitrogens with one attached hydrogen (secondary N) is 1. The van der Waals surface area contributed by atoms with E-state index in [1.54, 1.807) is 13.0 Å². The first-order valence-corrected chi connectivity index (χ1v) is 9.50. The molecule has 0 fully saturated rings. The summed E-state index contributed by atoms with van der Waals surface area (Å²) in [6.45, 7) is 6.12. The number of benzene rings is 2. The Hall–Kier alpha value is -2.18. The molecule has 0 unspecified atom stereocenters. The van der Waals surface area contributed by atoms with Gasteiger partial charge in [-0.25, -0.2) is 17.9 Å². The largest absolute Gasteiger partial charge is 0.465 e. The van der Waals surface area contributed by atoms with E-state index >= 15 is 0 Å². The van der Waals surface area contributed by atoms with Gasteiger partial charge in [0, 0.05) is 6.54 Å². The molecule has 0 saturated carbocycles. The molecule has 2 aromatic carbocycles. The SMILES string of the molecule is COC(=O)c1cc(S(=O)(=O)NCc2ccc(C(C)C)cc2)ccc1C. The summed E-state index contributed by atoms with van der Waals surface area (Å²) in [4.78, 5) is 11.8. The Labute approximate surface area is 149 Å². The highest BCUT2D eigenvalue weighted by Gasteiger charge is 2.18. The van der Waals surface area contributed by atoms with E-state index in [2.05, 4.69) is 18.6 Å². The molecule has 0 amide bonds. The Morgan fingerprint density at radius 2 is 1.76 bits per heavy atom. The lowest BCUT2D eigenvalue weighted by Crippen LogP contribution is -2.23. The Bertz CT molecular complexity index is 855. The fourth-order valence-electron chi connectivity index (χ4n) is 2.38. The molecule has 2 rings (SSSR count). The number of esters is 1. The van der Waals surface area contributed by atoms with Gasteiger partial charge in [0.1, 0.15) is 0 Å². The summed E-state index contributed by atoms with van der Waals surface area (Å²) in [6.07, 6.45) is 0. The van der Waals surface area contributed by atoms with Crippen molar-refractivity contribution >= 4 is 16.0 Å². The second-order valence-electron chi connectivity index (χ2n) is 6.19. The number of ether oxygens (including phenoxy) is 1. The second-order valence-corrected chi connectivity index (χ2v) is 7.96. The average molecular weight is 361 g/mol. The minimum atomic E-state index is -3.72. The van der Waals surface area contributed by atoms with E-state index in [1.807, 2.05) is 24.3 Å². The van der Waals surface area contributed by atoms with Crippen molar-refractivity contribution in [1.29, 1.82) is 0 Å². The molecule has 6 heteroatoms. The third-order valence-electron chi connectivity index (χ3n) is 4.04. The first-order chi connectivity index (χ1) is 11.7. The summed E-state index contributed by atoms with van der Waals surface area (Å²) < 4.78 is 32.2. The van der Waals surface area contributed by atoms with E-state index in [9.17, 15) is 13.2 Å². The molecular weight excluding hydrogens is 338 g/mol. The first-order valence-electron chi connectivity index (χ1n) is 8.02. The number of rotatable bonds is 6. The van der Waals surface area contributed by atoms with Gasteiger partial charge in [0.05, 0.1) is 17.6 Å². The Balaban J connectivity index is 2.17. The van der Waals surface area contributed by atoms with Crippen LogP contribution in [0, 0.1) is 6.92 Å². The van der Waals surface area contributed by atoms with Crippen LogP contribution in [-0.4, -0.2) is 21.5 Å². The van der Waals surface area contributed by atoms with Crippen LogP contribution in [-0.2, 0) is 21.3 Å². The van der Waals surface area contributed by atoms with Gasteiger partial charge in [0.25, 0.3) is 0 Å². The number of carbonyl (C=O) groups excluding carboxylic acids is 1. The third kappa shape index (κ3) is 4.67. The van der Waals surface area contributed by atoms with E-state index in [4.69, 9.17) is 4.74 Å². The molecule has 0 bridgehead atoms. The quantitative estimate of drug-likeness (QED) is 0.801. The molecule has 0 aliphatic carbocycles. The highest BCUT2D eigenvalue weighted by molar-refractivity contribution is 7.89. The summed E-state index contributed by atoms with van der Waals surface area (Å²) in [7, 11) is -2.46. The Kier molecular flexibility index (Phi) is 5.98. The third-order valence-corrected chi connectivity index (χ3v) is 5.44. The summed E-state index contributed by atoms with van der Waals surface area (Å²) in [5, 5.41) is 0. The van der Waals surface area contributed by atoms with Crippen molar-refractivity contribution < 1.29 is 17.9 Å². The molecule has 5 nitrogen and oxygen atoms in total. The molecule has 0 aliphatic rings. The van der Waals surface area contributed by atoms with Gasteiger partial charge >= 0.3 is 5.97 Å². The van der Waals surface area contributed by atoms with Gasteiger partial charge < -0.3 is 4.74 Å². The number of hydrogen-bond donors (Lipinski definition) is 1. The molecule has 0 atom stereocenters. The molecule has 0 aliphatic heterocycles. The highest BCUT2D eigenvalue weighted by atomic mass is 32.2. The van der Waals surface area contributed by atoms with Crippen LogP contribution in [0.25, 0.3) is 0 Å². The van der Waals surface area contributed by atoms with Crippen LogP contribution in [0.3, 0.4) is 0 Å². The molecule has 0 saturated heterocycles. The fraction of sp³-hybridized carbons (Fsp3) is 0.316. The van der Waals surface area contributed by atoms with Gasteiger partial charge in [-0.1, -0.05) is 44.2 Å². The van der Waals surface area contributed by atoms with E-state index in [0.717, 1.165) is 5.56 Å². The fourth-order valence-corrected chi connectivity index (χ4v) is 3.42. The van der Waals surface area contributed by atoms with Crippen LogP contribution < -0.4 is 4.72 Å². The van der Waals surface area contributed by atoms with Crippen molar-refractivity contribution in [2.45, 2.75) is 38.1 Å². The van der Waals surface area contributed by atoms with Crippen molar-refractivity contribution in [1.82, 2.24) is 4.72 Å². The predicted molar refractivity (Wildman–Crippen MR) is 97.1 cm³/mol. The van der Waals surface area contributed by atoms with Crippen LogP contribution in [0.2, 0.25) is 0 Å². The van der Waals surface area contributed by atoms with Gasteiger partial charge in [-0.05, 0) is 41.7 Å². The lowest BCUT2D eigenvalue weighted by molar-refractivity contribution is 0.0599. The average Bonchev–Trinajstić information content (AvgIpc) is 2.60. The zero-order valence-electron chi connectivity index (χ0n) is 14.9. The van der Waals surface area contributed by atoms with Gasteiger partial charge in [0.15, 0.2) is 0 Å². The van der Waals surface area contributed by atoms with Crippen molar-refractivity contribution in [3.8, 4) is 0 Å². The number of hydrogen-bond acceptors (Lipinski definition) is 4. The minimum absolute atomic E-state index is 0.0392. The maximum Gasteiger partial charge on any atom is 0.338 e. The Morgan fingerprint density at radius 3 is 2.32 bits per heavy atom. The standard InChI is InChI=1S/C19H23NO4S/c1-13(2)16-8-6-15(7-9-16)12-20-25(22,23)17-10-5-14(3)18(11-17)19(21)24-4/h5-11,13,20H,12H2,1-4H3. The van der Waals surface area contributed by atoms with Gasteiger partial charge in [-0.2, -0.15) is 0 Å². The molecular formula is C19H23NO4S. The van der Waals surface area contributed by atoms with Crippen LogP contribution in [0.4, 0.5) is 0 Å². The van der Waals surface area contributed by atoms with Crippen LogP contribution in [0.15, 0.2) is 47.4 Å². The minimum Gasteiger partial charge on any atom is -0.465 e. The first kappa shape index (κ1) is 19.1. The lowest BCUT2D eigenvalue weighted by Gasteiger charge is -2.11. The molecule has 1 N–H and O–H groups in total. The smallest absolute Gasteiger partial charge is 0.338 e. The number of carbonyl (C=O) groups is 1. The van der Waals surface area contributed by atoms with Crippen LogP contribution in [0.5, 0.6) is 0 Å². The summed E-state index contributed by atoms with van der Waals surface area (Å²) in [6, 6.07) is 12.2. The number of methoxy groups -OCH3 is 1. The van der Waals surface area contributed by atoms with Gasteiger partial charge in [0.2, 0.25) is 10.0 Å². The van der Waals surface area contributed by atoms with Crippen molar-refractivity contribution in [3.05, 3.63) is 64.7 Å². The maximum atomic E-state index is 12.5. The summed E-state index contributed by atoms with van der Waals surface area (Å²) >= 11 is 0.